The van der Waals surface area contributed by atoms with Crippen molar-refractivity contribution in [3.63, 3.8) is 0 Å². The smallest absolute Gasteiger partial charge is 0.119 e. The van der Waals surface area contributed by atoms with Gasteiger partial charge in [-0.1, -0.05) is 86.8 Å². The van der Waals surface area contributed by atoms with Gasteiger partial charge < -0.3 is 9.47 Å². The number of hydrogen-bond acceptors (Lipinski definition) is 2. The highest BCUT2D eigenvalue weighted by molar-refractivity contribution is 5.26. The van der Waals surface area contributed by atoms with Gasteiger partial charge in [0, 0.05) is 0 Å². The van der Waals surface area contributed by atoms with Crippen LogP contribution >= 0.6 is 0 Å². The number of aryl methyl sites for hydroxylation is 2. The summed E-state index contributed by atoms with van der Waals surface area (Å²) in [5, 5.41) is 0. The minimum Gasteiger partial charge on any atom is -0.494 e. The second-order valence-electron chi connectivity index (χ2n) is 7.86. The van der Waals surface area contributed by atoms with Crippen LogP contribution in [0.1, 0.15) is 75.3 Å². The molecule has 0 aliphatic rings. The fourth-order valence-corrected chi connectivity index (χ4v) is 3.27. The molecular weight excluding hydrogens is 344 g/mol. The summed E-state index contributed by atoms with van der Waals surface area (Å²) in [6, 6.07) is 16.7. The van der Waals surface area contributed by atoms with Gasteiger partial charge in [-0.15, -0.1) is 0 Å². The second kappa shape index (κ2) is 14.1. The van der Waals surface area contributed by atoms with Crippen LogP contribution in [0.4, 0.5) is 0 Å². The van der Waals surface area contributed by atoms with Crippen LogP contribution in [-0.4, -0.2) is 13.2 Å². The molecule has 0 atom stereocenters. The Hall–Kier alpha value is -1.96. The van der Waals surface area contributed by atoms with E-state index in [1.807, 2.05) is 0 Å². The molecular formula is C26H38O2. The van der Waals surface area contributed by atoms with Gasteiger partial charge in [-0.3, -0.25) is 0 Å². The maximum absolute atomic E-state index is 5.78. The molecule has 0 unspecified atom stereocenters. The third-order valence-corrected chi connectivity index (χ3v) is 5.12. The lowest BCUT2D eigenvalue weighted by Crippen LogP contribution is -1.97. The number of benzene rings is 2. The quantitative estimate of drug-likeness (QED) is 0.294. The lowest BCUT2D eigenvalue weighted by Gasteiger charge is -2.07. The molecule has 0 amide bonds. The molecule has 0 N–H and O–H groups in total. The van der Waals surface area contributed by atoms with Gasteiger partial charge in [0.1, 0.15) is 11.5 Å². The molecule has 2 aromatic carbocycles. The molecule has 0 saturated heterocycles. The van der Waals surface area contributed by atoms with E-state index in [1.54, 1.807) is 0 Å². The van der Waals surface area contributed by atoms with Gasteiger partial charge in [0.05, 0.1) is 13.2 Å². The number of rotatable bonds is 15. The van der Waals surface area contributed by atoms with E-state index in [0.717, 1.165) is 37.6 Å². The van der Waals surface area contributed by atoms with Crippen LogP contribution in [0.15, 0.2) is 48.5 Å². The summed E-state index contributed by atoms with van der Waals surface area (Å²) in [6.45, 7) is 5.89. The topological polar surface area (TPSA) is 18.5 Å². The summed E-state index contributed by atoms with van der Waals surface area (Å²) in [7, 11) is 0. The largest absolute Gasteiger partial charge is 0.494 e. The molecule has 0 fully saturated rings. The lowest BCUT2D eigenvalue weighted by molar-refractivity contribution is 0.303. The summed E-state index contributed by atoms with van der Waals surface area (Å²) < 4.78 is 11.6. The molecule has 2 aromatic rings. The van der Waals surface area contributed by atoms with Crippen molar-refractivity contribution in [1.29, 1.82) is 0 Å². The third-order valence-electron chi connectivity index (χ3n) is 5.12. The average Bonchev–Trinajstić information content (AvgIpc) is 2.71. The SMILES string of the molecule is Cc1ccc(OCCCCCCCCCCCCOc2ccc(C)cc2)cc1. The van der Waals surface area contributed by atoms with Gasteiger partial charge in [-0.2, -0.15) is 0 Å². The van der Waals surface area contributed by atoms with Crippen molar-refractivity contribution in [3.05, 3.63) is 59.7 Å². The number of unbranched alkanes of at least 4 members (excludes halogenated alkanes) is 9. The van der Waals surface area contributed by atoms with Crippen LogP contribution in [0.5, 0.6) is 11.5 Å². The van der Waals surface area contributed by atoms with Crippen LogP contribution in [0.2, 0.25) is 0 Å². The van der Waals surface area contributed by atoms with Gasteiger partial charge in [-0.05, 0) is 51.0 Å². The molecule has 0 saturated carbocycles. The number of hydrogen-bond donors (Lipinski definition) is 0. The monoisotopic (exact) mass is 382 g/mol. The Balaban J connectivity index is 1.30. The van der Waals surface area contributed by atoms with Crippen LogP contribution < -0.4 is 9.47 Å². The first kappa shape index (κ1) is 22.3. The van der Waals surface area contributed by atoms with Crippen LogP contribution in [0, 0.1) is 13.8 Å². The van der Waals surface area contributed by atoms with Gasteiger partial charge in [0.15, 0.2) is 0 Å². The number of ether oxygens (including phenoxy) is 2. The van der Waals surface area contributed by atoms with Crippen molar-refractivity contribution in [2.75, 3.05) is 13.2 Å². The van der Waals surface area contributed by atoms with Crippen LogP contribution in [0.3, 0.4) is 0 Å². The standard InChI is InChI=1S/C26H38O2/c1-23-13-17-25(18-14-23)27-21-11-9-7-5-3-4-6-8-10-12-22-28-26-19-15-24(2)16-20-26/h13-20H,3-12,21-22H2,1-2H3. The zero-order valence-electron chi connectivity index (χ0n) is 17.9. The molecule has 2 heteroatoms. The first-order valence-corrected chi connectivity index (χ1v) is 11.1. The molecule has 2 rings (SSSR count). The molecule has 28 heavy (non-hydrogen) atoms. The molecule has 0 bridgehead atoms. The first-order chi connectivity index (χ1) is 13.7. The van der Waals surface area contributed by atoms with E-state index >= 15 is 0 Å². The summed E-state index contributed by atoms with van der Waals surface area (Å²) in [6.07, 6.45) is 13.0. The van der Waals surface area contributed by atoms with E-state index in [0.29, 0.717) is 0 Å². The highest BCUT2D eigenvalue weighted by Gasteiger charge is 1.97. The first-order valence-electron chi connectivity index (χ1n) is 11.1. The predicted octanol–water partition coefficient (Wildman–Crippen LogP) is 7.66. The molecule has 0 aromatic heterocycles. The van der Waals surface area contributed by atoms with Gasteiger partial charge in [0.25, 0.3) is 0 Å². The van der Waals surface area contributed by atoms with Gasteiger partial charge in [-0.25, -0.2) is 0 Å². The lowest BCUT2D eigenvalue weighted by atomic mass is 10.1. The van der Waals surface area contributed by atoms with Crippen LogP contribution in [-0.2, 0) is 0 Å². The van der Waals surface area contributed by atoms with E-state index in [2.05, 4.69) is 62.4 Å². The average molecular weight is 383 g/mol. The Morgan fingerprint density at radius 2 is 0.714 bits per heavy atom. The summed E-state index contributed by atoms with van der Waals surface area (Å²) in [5.41, 5.74) is 2.56. The normalized spacial score (nSPS) is 10.8. The van der Waals surface area contributed by atoms with Gasteiger partial charge in [0.2, 0.25) is 0 Å². The van der Waals surface area contributed by atoms with Crippen molar-refractivity contribution in [2.45, 2.75) is 78.1 Å². The van der Waals surface area contributed by atoms with E-state index in [4.69, 9.17) is 9.47 Å². The van der Waals surface area contributed by atoms with E-state index in [9.17, 15) is 0 Å². The summed E-state index contributed by atoms with van der Waals surface area (Å²) >= 11 is 0. The zero-order valence-corrected chi connectivity index (χ0v) is 17.9. The highest BCUT2D eigenvalue weighted by atomic mass is 16.5. The predicted molar refractivity (Wildman–Crippen MR) is 120 cm³/mol. The molecule has 0 aliphatic carbocycles. The Morgan fingerprint density at radius 1 is 0.429 bits per heavy atom. The zero-order chi connectivity index (χ0) is 19.9. The second-order valence-corrected chi connectivity index (χ2v) is 7.86. The highest BCUT2D eigenvalue weighted by Crippen LogP contribution is 2.15. The maximum Gasteiger partial charge on any atom is 0.119 e. The van der Waals surface area contributed by atoms with Crippen LogP contribution in [0.25, 0.3) is 0 Å². The van der Waals surface area contributed by atoms with Crippen molar-refractivity contribution in [1.82, 2.24) is 0 Å². The fraction of sp³-hybridized carbons (Fsp3) is 0.538. The molecule has 154 valence electrons. The van der Waals surface area contributed by atoms with Crippen molar-refractivity contribution < 1.29 is 9.47 Å². The van der Waals surface area contributed by atoms with Crippen molar-refractivity contribution >= 4 is 0 Å². The Kier molecular flexibility index (Phi) is 11.2. The van der Waals surface area contributed by atoms with Crippen molar-refractivity contribution in [2.24, 2.45) is 0 Å². The molecule has 0 radical (unpaired) electrons. The molecule has 2 nitrogen and oxygen atoms in total. The van der Waals surface area contributed by atoms with E-state index in [-0.39, 0.29) is 0 Å². The summed E-state index contributed by atoms with van der Waals surface area (Å²) in [4.78, 5) is 0. The Morgan fingerprint density at radius 3 is 1.04 bits per heavy atom. The van der Waals surface area contributed by atoms with E-state index < -0.39 is 0 Å². The minimum atomic E-state index is 0.841. The minimum absolute atomic E-state index is 0.841. The van der Waals surface area contributed by atoms with E-state index in [1.165, 1.54) is 62.5 Å². The molecule has 0 aliphatic heterocycles. The fourth-order valence-electron chi connectivity index (χ4n) is 3.27. The summed E-state index contributed by atoms with van der Waals surface area (Å²) in [5.74, 6) is 1.99. The van der Waals surface area contributed by atoms with Gasteiger partial charge >= 0.3 is 0 Å². The van der Waals surface area contributed by atoms with Crippen molar-refractivity contribution in [3.8, 4) is 11.5 Å². The third kappa shape index (κ3) is 10.4. The molecule has 0 heterocycles. The maximum atomic E-state index is 5.78. The molecule has 0 spiro atoms. The Labute approximate surface area is 172 Å². The Bertz CT molecular complexity index is 558.